The van der Waals surface area contributed by atoms with Gasteiger partial charge in [0.05, 0.1) is 18.2 Å². The smallest absolute Gasteiger partial charge is 0.205 e. The van der Waals surface area contributed by atoms with Gasteiger partial charge in [0.25, 0.3) is 0 Å². The first kappa shape index (κ1) is 45.7. The SMILES string of the molecule is COc1ccc(C(C)(C)c2cccc(C(C)(C)c3ccc(Oc4c(F)cc(C(=O)c5ccc(Oc6ccc(C(=O)c7c(F)c(F)c(C)c(F)c7F)cc6)cc5F)c(F)c4F)cc3)c2)cc1. The van der Waals surface area contributed by atoms with Gasteiger partial charge in [0.1, 0.15) is 34.4 Å². The Hall–Kier alpha value is -7.28. The van der Waals surface area contributed by atoms with Gasteiger partial charge in [-0.05, 0) is 95.9 Å². The van der Waals surface area contributed by atoms with Crippen molar-refractivity contribution < 1.29 is 58.9 Å². The van der Waals surface area contributed by atoms with E-state index in [1.54, 1.807) is 19.2 Å². The fraction of sp³-hybridized carbons (Fsp3) is 0.154. The van der Waals surface area contributed by atoms with Crippen LogP contribution in [-0.2, 0) is 10.8 Å². The van der Waals surface area contributed by atoms with E-state index < -0.39 is 91.5 Å². The van der Waals surface area contributed by atoms with Gasteiger partial charge in [0.15, 0.2) is 46.5 Å². The summed E-state index contributed by atoms with van der Waals surface area (Å²) in [5.74, 6) is -16.9. The number of carbonyl (C=O) groups is 2. The summed E-state index contributed by atoms with van der Waals surface area (Å²) in [6, 6.07) is 29.9. The number of ether oxygens (including phenoxy) is 3. The van der Waals surface area contributed by atoms with Crippen molar-refractivity contribution in [3.8, 4) is 28.7 Å². The average molecular weight is 895 g/mol. The van der Waals surface area contributed by atoms with Crippen molar-refractivity contribution in [2.75, 3.05) is 7.11 Å². The van der Waals surface area contributed by atoms with E-state index in [4.69, 9.17) is 14.2 Å². The zero-order chi connectivity index (χ0) is 47.1. The molecule has 65 heavy (non-hydrogen) atoms. The summed E-state index contributed by atoms with van der Waals surface area (Å²) in [5, 5.41) is 0. The number of hydrogen-bond acceptors (Lipinski definition) is 5. The second-order valence-corrected chi connectivity index (χ2v) is 16.2. The van der Waals surface area contributed by atoms with E-state index in [0.29, 0.717) is 6.07 Å². The van der Waals surface area contributed by atoms with Gasteiger partial charge in [-0.3, -0.25) is 9.59 Å². The molecule has 0 fully saturated rings. The predicted octanol–water partition coefficient (Wildman–Crippen LogP) is 13.8. The number of rotatable bonds is 13. The van der Waals surface area contributed by atoms with Crippen molar-refractivity contribution in [3.63, 3.8) is 0 Å². The summed E-state index contributed by atoms with van der Waals surface area (Å²) in [7, 11) is 1.61. The van der Waals surface area contributed by atoms with E-state index in [2.05, 4.69) is 26.0 Å². The van der Waals surface area contributed by atoms with E-state index >= 15 is 17.6 Å². The van der Waals surface area contributed by atoms with E-state index in [1.807, 2.05) is 50.2 Å². The molecule has 0 saturated carbocycles. The van der Waals surface area contributed by atoms with Crippen LogP contribution in [0.4, 0.5) is 35.1 Å². The van der Waals surface area contributed by atoms with Gasteiger partial charge < -0.3 is 14.2 Å². The molecule has 5 nitrogen and oxygen atoms in total. The van der Waals surface area contributed by atoms with Crippen LogP contribution in [0.3, 0.4) is 0 Å². The first-order valence-corrected chi connectivity index (χ1v) is 19.9. The van der Waals surface area contributed by atoms with Gasteiger partial charge in [0.2, 0.25) is 11.6 Å². The highest BCUT2D eigenvalue weighted by Crippen LogP contribution is 2.39. The summed E-state index contributed by atoms with van der Waals surface area (Å²) >= 11 is 0. The number of hydrogen-bond donors (Lipinski definition) is 0. The maximum Gasteiger partial charge on any atom is 0.205 e. The van der Waals surface area contributed by atoms with Crippen LogP contribution in [0.15, 0.2) is 121 Å². The molecule has 0 aromatic heterocycles. The van der Waals surface area contributed by atoms with E-state index in [0.717, 1.165) is 77.4 Å². The molecule has 0 atom stereocenters. The van der Waals surface area contributed by atoms with Gasteiger partial charge in [-0.15, -0.1) is 0 Å². The highest BCUT2D eigenvalue weighted by Gasteiger charge is 2.31. The topological polar surface area (TPSA) is 61.8 Å². The van der Waals surface area contributed by atoms with Gasteiger partial charge in [0, 0.05) is 28.0 Å². The number of benzene rings is 7. The van der Waals surface area contributed by atoms with Crippen LogP contribution in [-0.4, -0.2) is 18.7 Å². The predicted molar refractivity (Wildman–Crippen MR) is 227 cm³/mol. The van der Waals surface area contributed by atoms with Crippen LogP contribution in [0.2, 0.25) is 0 Å². The fourth-order valence-corrected chi connectivity index (χ4v) is 7.32. The Morgan fingerprint density at radius 2 is 0.938 bits per heavy atom. The number of carbonyl (C=O) groups excluding carboxylic acids is 2. The Morgan fingerprint density at radius 3 is 1.46 bits per heavy atom. The second-order valence-electron chi connectivity index (χ2n) is 16.2. The Kier molecular flexibility index (Phi) is 12.5. The maximum absolute atomic E-state index is 15.4. The van der Waals surface area contributed by atoms with Crippen molar-refractivity contribution in [1.29, 1.82) is 0 Å². The van der Waals surface area contributed by atoms with Crippen LogP contribution in [0, 0.1) is 53.5 Å². The third kappa shape index (κ3) is 8.70. The first-order chi connectivity index (χ1) is 30.7. The van der Waals surface area contributed by atoms with Crippen LogP contribution in [0.25, 0.3) is 0 Å². The molecule has 7 aromatic carbocycles. The Balaban J connectivity index is 1.04. The fourth-order valence-electron chi connectivity index (χ4n) is 7.32. The van der Waals surface area contributed by atoms with Crippen LogP contribution >= 0.6 is 0 Å². The summed E-state index contributed by atoms with van der Waals surface area (Å²) in [6.07, 6.45) is 0. The molecule has 332 valence electrons. The molecule has 0 aliphatic heterocycles. The zero-order valence-corrected chi connectivity index (χ0v) is 35.6. The minimum atomic E-state index is -1.86. The Labute approximate surface area is 368 Å². The lowest BCUT2D eigenvalue weighted by molar-refractivity contribution is 0.102. The minimum Gasteiger partial charge on any atom is -0.497 e. The molecule has 7 rings (SSSR count). The van der Waals surface area contributed by atoms with Crippen molar-refractivity contribution in [2.24, 2.45) is 0 Å². The molecule has 0 aliphatic carbocycles. The highest BCUT2D eigenvalue weighted by molar-refractivity contribution is 6.10. The van der Waals surface area contributed by atoms with Gasteiger partial charge >= 0.3 is 0 Å². The van der Waals surface area contributed by atoms with E-state index in [-0.39, 0.29) is 28.2 Å². The number of halogens is 8. The molecule has 0 unspecified atom stereocenters. The van der Waals surface area contributed by atoms with Crippen LogP contribution < -0.4 is 14.2 Å². The summed E-state index contributed by atoms with van der Waals surface area (Å²) < 4.78 is 135. The maximum atomic E-state index is 15.4. The second kappa shape index (κ2) is 17.7. The van der Waals surface area contributed by atoms with Crippen molar-refractivity contribution in [1.82, 2.24) is 0 Å². The summed E-state index contributed by atoms with van der Waals surface area (Å²) in [6.45, 7) is 9.12. The highest BCUT2D eigenvalue weighted by atomic mass is 19.2. The lowest BCUT2D eigenvalue weighted by Crippen LogP contribution is -2.22. The molecule has 0 N–H and O–H groups in total. The Bertz CT molecular complexity index is 2950. The normalized spacial score (nSPS) is 11.7. The third-order valence-corrected chi connectivity index (χ3v) is 11.5. The van der Waals surface area contributed by atoms with Gasteiger partial charge in [-0.25, -0.2) is 30.7 Å². The summed E-state index contributed by atoms with van der Waals surface area (Å²) in [4.78, 5) is 26.0. The summed E-state index contributed by atoms with van der Waals surface area (Å²) in [5.41, 5.74) is -1.48. The molecule has 0 radical (unpaired) electrons. The number of methoxy groups -OCH3 is 1. The lowest BCUT2D eigenvalue weighted by Gasteiger charge is -2.31. The minimum absolute atomic E-state index is 0.0297. The Morgan fingerprint density at radius 1 is 0.446 bits per heavy atom. The molecule has 0 saturated heterocycles. The quantitative estimate of drug-likeness (QED) is 0.0656. The molecule has 13 heteroatoms. The molecule has 0 bridgehead atoms. The van der Waals surface area contributed by atoms with Crippen molar-refractivity contribution in [2.45, 2.75) is 45.4 Å². The average Bonchev–Trinajstić information content (AvgIpc) is 3.30. The molecule has 7 aromatic rings. The molecule has 0 heterocycles. The molecule has 0 aliphatic rings. The van der Waals surface area contributed by atoms with Crippen molar-refractivity contribution >= 4 is 11.6 Å². The molecular weight excluding hydrogens is 857 g/mol. The van der Waals surface area contributed by atoms with Crippen LogP contribution in [0.5, 0.6) is 28.7 Å². The van der Waals surface area contributed by atoms with E-state index in [9.17, 15) is 27.2 Å². The largest absolute Gasteiger partial charge is 0.497 e. The standard InChI is InChI=1S/C52H38F8O5/c1-27-42(55)45(58)41(46(59)43(27)56)48(61)28-10-16-34(17-11-28)64-36-22-23-37(39(53)25-36)49(62)38-26-40(54)50(47(60)44(38)57)65-35-20-14-30(15-21-35)52(4,5)32-9-7-8-31(24-32)51(2,3)29-12-18-33(63-6)19-13-29/h7-26H,1-6H3. The van der Waals surface area contributed by atoms with Crippen molar-refractivity contribution in [3.05, 3.63) is 218 Å². The lowest BCUT2D eigenvalue weighted by atomic mass is 9.73. The first-order valence-electron chi connectivity index (χ1n) is 19.9. The van der Waals surface area contributed by atoms with Gasteiger partial charge in [-0.2, -0.15) is 4.39 Å². The van der Waals surface area contributed by atoms with Crippen LogP contribution in [0.1, 0.15) is 87.4 Å². The van der Waals surface area contributed by atoms with Gasteiger partial charge in [-0.1, -0.05) is 76.2 Å². The molecular formula is C52H38F8O5. The number of ketones is 2. The molecule has 0 spiro atoms. The monoisotopic (exact) mass is 894 g/mol. The third-order valence-electron chi connectivity index (χ3n) is 11.5. The van der Waals surface area contributed by atoms with E-state index in [1.165, 1.54) is 12.1 Å². The molecule has 0 amide bonds. The zero-order valence-electron chi connectivity index (χ0n) is 35.6.